The van der Waals surface area contributed by atoms with E-state index in [9.17, 15) is 0 Å². The van der Waals surface area contributed by atoms with Gasteiger partial charge < -0.3 is 0 Å². The minimum absolute atomic E-state index is 0.795. The Hall–Kier alpha value is 0.410. The zero-order valence-corrected chi connectivity index (χ0v) is 6.80. The third kappa shape index (κ3) is 1.44. The molecule has 1 rings (SSSR count). The van der Waals surface area contributed by atoms with Crippen molar-refractivity contribution in [2.24, 2.45) is 0 Å². The van der Waals surface area contributed by atoms with Crippen molar-refractivity contribution in [3.05, 3.63) is 12.0 Å². The second kappa shape index (κ2) is 1.98. The summed E-state index contributed by atoms with van der Waals surface area (Å²) in [5.74, 6) is 0.795. The third-order valence-electron chi connectivity index (χ3n) is 0.692. The fourth-order valence-corrected chi connectivity index (χ4v) is 2.27. The summed E-state index contributed by atoms with van der Waals surface area (Å²) in [6.07, 6.45) is -0.309. The van der Waals surface area contributed by atoms with Crippen LogP contribution < -0.4 is 5.09 Å². The first kappa shape index (κ1) is 6.53. The Morgan fingerprint density at radius 3 is 2.75 bits per heavy atom. The number of hydrogen-bond acceptors (Lipinski definition) is 3. The molecule has 1 aliphatic rings. The van der Waals surface area contributed by atoms with Gasteiger partial charge in [-0.15, -0.1) is 0 Å². The SMILES string of the molecule is CC1=CN[P+](S)(Cl)O1. The van der Waals surface area contributed by atoms with E-state index in [-0.39, 0.29) is 0 Å². The molecule has 0 aromatic heterocycles. The maximum Gasteiger partial charge on any atom is 0.437 e. The molecule has 0 saturated carbocycles. The van der Waals surface area contributed by atoms with Crippen molar-refractivity contribution in [1.29, 1.82) is 0 Å². The highest BCUT2D eigenvalue weighted by molar-refractivity contribution is 8.59. The lowest BCUT2D eigenvalue weighted by Gasteiger charge is -2.00. The van der Waals surface area contributed by atoms with E-state index in [2.05, 4.69) is 17.3 Å². The summed E-state index contributed by atoms with van der Waals surface area (Å²) in [7, 11) is 0. The van der Waals surface area contributed by atoms with Crippen molar-refractivity contribution in [2.75, 3.05) is 0 Å². The van der Waals surface area contributed by atoms with E-state index < -0.39 is 6.19 Å². The van der Waals surface area contributed by atoms with E-state index in [0.29, 0.717) is 0 Å². The van der Waals surface area contributed by atoms with Crippen LogP contribution >= 0.6 is 29.7 Å². The van der Waals surface area contributed by atoms with E-state index >= 15 is 0 Å². The first-order chi connectivity index (χ1) is 3.60. The van der Waals surface area contributed by atoms with Gasteiger partial charge >= 0.3 is 6.19 Å². The molecule has 0 bridgehead atoms. The van der Waals surface area contributed by atoms with Gasteiger partial charge in [0.25, 0.3) is 0 Å². The zero-order chi connectivity index (χ0) is 6.20. The molecule has 1 aliphatic heterocycles. The third-order valence-corrected chi connectivity index (χ3v) is 2.76. The van der Waals surface area contributed by atoms with Gasteiger partial charge in [-0.2, -0.15) is 0 Å². The highest BCUT2D eigenvalue weighted by atomic mass is 35.7. The topological polar surface area (TPSA) is 21.3 Å². The van der Waals surface area contributed by atoms with Crippen molar-refractivity contribution in [3.63, 3.8) is 0 Å². The van der Waals surface area contributed by atoms with Crippen LogP contribution in [0.2, 0.25) is 0 Å². The van der Waals surface area contributed by atoms with Gasteiger partial charge in [0.1, 0.15) is 0 Å². The maximum absolute atomic E-state index is 5.65. The lowest BCUT2D eigenvalue weighted by molar-refractivity contribution is 0.494. The van der Waals surface area contributed by atoms with Crippen molar-refractivity contribution >= 4 is 29.7 Å². The Balaban J connectivity index is 2.55. The molecule has 8 heavy (non-hydrogen) atoms. The second-order valence-corrected chi connectivity index (χ2v) is 6.75. The van der Waals surface area contributed by atoms with Crippen LogP contribution in [-0.2, 0) is 4.52 Å². The van der Waals surface area contributed by atoms with Crippen LogP contribution in [0.25, 0.3) is 0 Å². The van der Waals surface area contributed by atoms with E-state index in [0.717, 1.165) is 5.76 Å². The molecule has 2 nitrogen and oxygen atoms in total. The van der Waals surface area contributed by atoms with Gasteiger partial charge in [-0.05, 0) is 0 Å². The number of allylic oxidation sites excluding steroid dienone is 1. The highest BCUT2D eigenvalue weighted by Crippen LogP contribution is 2.69. The van der Waals surface area contributed by atoms with Crippen LogP contribution in [0.3, 0.4) is 0 Å². The number of rotatable bonds is 0. The van der Waals surface area contributed by atoms with Gasteiger partial charge in [0.2, 0.25) is 0 Å². The Bertz CT molecular complexity index is 137. The predicted molar refractivity (Wildman–Crippen MR) is 39.7 cm³/mol. The van der Waals surface area contributed by atoms with Crippen LogP contribution in [-0.4, -0.2) is 0 Å². The predicted octanol–water partition coefficient (Wildman–Crippen LogP) is 2.31. The first-order valence-corrected chi connectivity index (χ1v) is 5.82. The highest BCUT2D eigenvalue weighted by Gasteiger charge is 2.39. The molecule has 0 saturated heterocycles. The minimum atomic E-state index is -2.03. The standard InChI is InChI=1S/C3H6ClNOPS/c1-3-2-5-7(4,8)6-3/h2,5,8H,1H3/q+1. The molecule has 0 radical (unpaired) electrons. The molecule has 0 fully saturated rings. The Kier molecular flexibility index (Phi) is 1.61. The second-order valence-electron chi connectivity index (χ2n) is 1.48. The quantitative estimate of drug-likeness (QED) is 0.430. The molecule has 0 amide bonds. The molecule has 0 aliphatic carbocycles. The lowest BCUT2D eigenvalue weighted by atomic mass is 10.6. The fraction of sp³-hybridized carbons (Fsp3) is 0.333. The first-order valence-electron chi connectivity index (χ1n) is 2.06. The summed E-state index contributed by atoms with van der Waals surface area (Å²) < 4.78 is 5.04. The van der Waals surface area contributed by atoms with Gasteiger partial charge in [0.05, 0.1) is 18.4 Å². The molecular formula is C3H6ClNOPS+. The molecule has 0 spiro atoms. The Labute approximate surface area is 58.7 Å². The number of nitrogens with one attached hydrogen (secondary N) is 1. The average molecular weight is 171 g/mol. The summed E-state index contributed by atoms with van der Waals surface area (Å²) in [4.78, 5) is 0. The maximum atomic E-state index is 5.65. The average Bonchev–Trinajstić information content (AvgIpc) is 1.82. The van der Waals surface area contributed by atoms with E-state index in [1.165, 1.54) is 0 Å². The van der Waals surface area contributed by atoms with Crippen molar-refractivity contribution in [1.82, 2.24) is 5.09 Å². The van der Waals surface area contributed by atoms with E-state index in [1.54, 1.807) is 6.20 Å². The Morgan fingerprint density at radius 1 is 2.00 bits per heavy atom. The number of halogens is 1. The molecule has 0 aromatic rings. The van der Waals surface area contributed by atoms with Crippen molar-refractivity contribution < 1.29 is 4.52 Å². The summed E-state index contributed by atoms with van der Waals surface area (Å²) in [5.41, 5.74) is 0. The van der Waals surface area contributed by atoms with Crippen LogP contribution in [0.5, 0.6) is 0 Å². The van der Waals surface area contributed by atoms with E-state index in [1.807, 2.05) is 6.92 Å². The van der Waals surface area contributed by atoms with Gasteiger partial charge in [-0.25, -0.2) is 5.09 Å². The van der Waals surface area contributed by atoms with Gasteiger partial charge in [-0.1, -0.05) is 0 Å². The number of thiol groups is 1. The summed E-state index contributed by atoms with van der Waals surface area (Å²) in [5, 5.41) is 2.80. The van der Waals surface area contributed by atoms with Gasteiger partial charge in [0, 0.05) is 6.92 Å². The number of hydrogen-bond donors (Lipinski definition) is 2. The Morgan fingerprint density at radius 2 is 2.62 bits per heavy atom. The smallest absolute Gasteiger partial charge is 0.298 e. The van der Waals surface area contributed by atoms with Gasteiger partial charge in [0.15, 0.2) is 17.0 Å². The molecule has 1 unspecified atom stereocenters. The fourth-order valence-electron chi connectivity index (χ4n) is 0.414. The molecular weight excluding hydrogens is 165 g/mol. The molecule has 1 heterocycles. The van der Waals surface area contributed by atoms with Crippen LogP contribution in [0, 0.1) is 0 Å². The molecule has 5 heteroatoms. The van der Waals surface area contributed by atoms with Gasteiger partial charge in [-0.3, -0.25) is 4.52 Å². The summed E-state index contributed by atoms with van der Waals surface area (Å²) >= 11 is 9.65. The molecule has 0 aromatic carbocycles. The summed E-state index contributed by atoms with van der Waals surface area (Å²) in [6.45, 7) is 1.83. The monoisotopic (exact) mass is 170 g/mol. The van der Waals surface area contributed by atoms with Crippen LogP contribution in [0.1, 0.15) is 6.92 Å². The van der Waals surface area contributed by atoms with Crippen LogP contribution in [0.15, 0.2) is 12.0 Å². The lowest BCUT2D eigenvalue weighted by Crippen LogP contribution is -1.90. The van der Waals surface area contributed by atoms with Crippen LogP contribution in [0.4, 0.5) is 0 Å². The van der Waals surface area contributed by atoms with Crippen molar-refractivity contribution in [3.8, 4) is 0 Å². The van der Waals surface area contributed by atoms with E-state index in [4.69, 9.17) is 15.8 Å². The largest absolute Gasteiger partial charge is 0.437 e. The zero-order valence-electron chi connectivity index (χ0n) is 4.26. The minimum Gasteiger partial charge on any atom is -0.298 e. The normalized spacial score (nSPS) is 35.6. The molecule has 1 atom stereocenters. The molecule has 46 valence electrons. The van der Waals surface area contributed by atoms with Crippen molar-refractivity contribution in [2.45, 2.75) is 6.92 Å². The summed E-state index contributed by atoms with van der Waals surface area (Å²) in [6, 6.07) is 0. The molecule has 1 N–H and O–H groups in total.